The number of carbonyl (C=O) groups excluding carboxylic acids is 3. The molecule has 3 aliphatic heterocycles. The number of hydrogen-bond acceptors (Lipinski definition) is 4. The van der Waals surface area contributed by atoms with Crippen molar-refractivity contribution in [2.24, 2.45) is 5.92 Å². The van der Waals surface area contributed by atoms with Crippen molar-refractivity contribution in [3.63, 3.8) is 0 Å². The second kappa shape index (κ2) is 7.43. The van der Waals surface area contributed by atoms with Gasteiger partial charge in [0.25, 0.3) is 5.91 Å². The number of imide groups is 1. The first kappa shape index (κ1) is 16.9. The monoisotopic (exact) mass is 370 g/mol. The molecule has 0 radical (unpaired) electrons. The van der Waals surface area contributed by atoms with E-state index in [0.29, 0.717) is 18.9 Å². The molecule has 3 atom stereocenters. The van der Waals surface area contributed by atoms with Crippen molar-refractivity contribution < 1.29 is 15.8 Å². The number of nitrogens with one attached hydrogen (secondary N) is 2. The van der Waals surface area contributed by atoms with E-state index in [2.05, 4.69) is 12.2 Å². The normalized spacial score (nSPS) is 29.5. The van der Waals surface area contributed by atoms with Crippen LogP contribution >= 0.6 is 0 Å². The van der Waals surface area contributed by atoms with E-state index in [1.807, 2.05) is 18.2 Å². The highest BCUT2D eigenvalue weighted by Crippen LogP contribution is 2.31. The minimum absolute atomic E-state index is 0.0885. The number of benzene rings is 1. The molecule has 0 saturated carbocycles. The highest BCUT2D eigenvalue weighted by atomic mass is 16.2. The van der Waals surface area contributed by atoms with Gasteiger partial charge in [-0.05, 0) is 62.6 Å². The van der Waals surface area contributed by atoms with Gasteiger partial charge in [0.1, 0.15) is 7.45 Å². The van der Waals surface area contributed by atoms with Gasteiger partial charge in [-0.1, -0.05) is 18.2 Å². The first-order valence-corrected chi connectivity index (χ1v) is 9.95. The highest BCUT2D eigenvalue weighted by Gasteiger charge is 2.39. The molecule has 3 aliphatic rings. The standard InChI is InChI=1S/C21H27N3O3/c1-13-11-14(9-10-22-13)5-6-15-3-2-4-16-12-24(21(27)19(15)16)17-7-8-18(25)23-20(17)26/h2-4,13-14,17,22H,5-12H2,1H3,(H,23,25,26)/i/hD. The van der Waals surface area contributed by atoms with Gasteiger partial charge in [-0.2, -0.15) is 0 Å². The second-order valence-corrected chi connectivity index (χ2v) is 8.04. The molecule has 2 N–H and O–H groups in total. The highest BCUT2D eigenvalue weighted by molar-refractivity contribution is 6.05. The van der Waals surface area contributed by atoms with E-state index in [4.69, 9.17) is 1.41 Å². The number of rotatable bonds is 4. The lowest BCUT2D eigenvalue weighted by Gasteiger charge is -2.29. The van der Waals surface area contributed by atoms with Crippen molar-refractivity contribution in [1.82, 2.24) is 15.5 Å². The average molecular weight is 370 g/mol. The van der Waals surface area contributed by atoms with Crippen molar-refractivity contribution >= 4 is 17.7 Å². The van der Waals surface area contributed by atoms with E-state index >= 15 is 0 Å². The smallest absolute Gasteiger partial charge is 0.255 e. The molecule has 3 heterocycles. The topological polar surface area (TPSA) is 78.5 Å². The van der Waals surface area contributed by atoms with E-state index in [1.165, 1.54) is 0 Å². The van der Waals surface area contributed by atoms with E-state index < -0.39 is 6.04 Å². The van der Waals surface area contributed by atoms with Crippen LogP contribution in [0.2, 0.25) is 1.41 Å². The minimum atomic E-state index is -0.562. The zero-order valence-corrected chi connectivity index (χ0v) is 15.7. The van der Waals surface area contributed by atoms with Gasteiger partial charge in [0, 0.05) is 24.6 Å². The van der Waals surface area contributed by atoms with Crippen LogP contribution in [0.1, 0.15) is 60.5 Å². The number of carbonyl (C=O) groups is 3. The molecule has 144 valence electrons. The molecule has 3 unspecified atom stereocenters. The fourth-order valence-corrected chi connectivity index (χ4v) is 4.67. The fourth-order valence-electron chi connectivity index (χ4n) is 4.67. The maximum atomic E-state index is 13.1. The van der Waals surface area contributed by atoms with Gasteiger partial charge in [-0.3, -0.25) is 19.7 Å². The largest absolute Gasteiger partial charge is 0.322 e. The Morgan fingerprint density at radius 1 is 1.26 bits per heavy atom. The molecule has 2 fully saturated rings. The third-order valence-corrected chi connectivity index (χ3v) is 6.11. The number of amides is 3. The number of hydrogen-bond donors (Lipinski definition) is 2. The van der Waals surface area contributed by atoms with Gasteiger partial charge < -0.3 is 10.2 Å². The molecule has 27 heavy (non-hydrogen) atoms. The third-order valence-electron chi connectivity index (χ3n) is 6.11. The number of nitrogens with zero attached hydrogens (tertiary/aromatic N) is 1. The number of aryl methyl sites for hydroxylation is 1. The molecule has 4 rings (SSSR count). The van der Waals surface area contributed by atoms with E-state index in [-0.39, 0.29) is 30.2 Å². The first-order valence-electron chi connectivity index (χ1n) is 10.4. The zero-order valence-electron chi connectivity index (χ0n) is 16.7. The van der Waals surface area contributed by atoms with Gasteiger partial charge in [-0.15, -0.1) is 0 Å². The summed E-state index contributed by atoms with van der Waals surface area (Å²) in [6, 6.07) is 5.69. The fraction of sp³-hybridized carbons (Fsp3) is 0.571. The van der Waals surface area contributed by atoms with E-state index in [0.717, 1.165) is 48.9 Å². The summed E-state index contributed by atoms with van der Waals surface area (Å²) >= 11 is 0. The van der Waals surface area contributed by atoms with Crippen LogP contribution in [0.5, 0.6) is 0 Å². The van der Waals surface area contributed by atoms with Gasteiger partial charge in [0.05, 0.1) is 0 Å². The summed E-state index contributed by atoms with van der Waals surface area (Å²) in [7, 11) is 0. The predicted octanol–water partition coefficient (Wildman–Crippen LogP) is 1.77. The van der Waals surface area contributed by atoms with Crippen LogP contribution < -0.4 is 10.6 Å². The summed E-state index contributed by atoms with van der Waals surface area (Å²) < 4.78 is 7.87. The molecular weight excluding hydrogens is 342 g/mol. The van der Waals surface area contributed by atoms with E-state index in [1.54, 1.807) is 10.2 Å². The molecule has 2 saturated heterocycles. The first-order chi connectivity index (χ1) is 13.4. The van der Waals surface area contributed by atoms with Crippen LogP contribution in [0.15, 0.2) is 18.2 Å². The molecular formula is C21H27N3O3. The van der Waals surface area contributed by atoms with Gasteiger partial charge >= 0.3 is 0 Å². The minimum Gasteiger partial charge on any atom is -0.322 e. The molecule has 1 aromatic carbocycles. The van der Waals surface area contributed by atoms with Crippen molar-refractivity contribution in [2.75, 3.05) is 6.54 Å². The number of piperidine rings is 2. The molecule has 0 spiro atoms. The molecule has 6 nitrogen and oxygen atoms in total. The average Bonchev–Trinajstić information content (AvgIpc) is 3.00. The Labute approximate surface area is 161 Å². The van der Waals surface area contributed by atoms with Crippen LogP contribution in [0.25, 0.3) is 0 Å². The van der Waals surface area contributed by atoms with Crippen LogP contribution in [-0.4, -0.2) is 41.2 Å². The lowest BCUT2D eigenvalue weighted by Crippen LogP contribution is -2.52. The predicted molar refractivity (Wildman–Crippen MR) is 101 cm³/mol. The molecule has 3 amide bonds. The summed E-state index contributed by atoms with van der Waals surface area (Å²) in [5, 5.41) is 4.02. The Morgan fingerprint density at radius 3 is 2.89 bits per heavy atom. The lowest BCUT2D eigenvalue weighted by atomic mass is 9.87. The van der Waals surface area contributed by atoms with Crippen LogP contribution in [0.3, 0.4) is 0 Å². The van der Waals surface area contributed by atoms with Crippen molar-refractivity contribution in [1.29, 1.82) is 0 Å². The summed E-state index contributed by atoms with van der Waals surface area (Å²) in [5.41, 5.74) is 2.78. The Balaban J connectivity index is 1.46. The SMILES string of the molecule is [2H]N1CCC(CCc2cccc3c2C(=O)N(C2CCC(=O)NC2=O)C3)CC1C. The molecule has 0 aliphatic carbocycles. The van der Waals surface area contributed by atoms with Crippen LogP contribution in [0, 0.1) is 5.92 Å². The summed E-state index contributed by atoms with van der Waals surface area (Å²) in [6.45, 7) is 3.34. The number of fused-ring (bicyclic) bond motifs is 1. The molecule has 0 bridgehead atoms. The van der Waals surface area contributed by atoms with Crippen molar-refractivity contribution in [3.8, 4) is 0 Å². The zero-order chi connectivity index (χ0) is 19.8. The summed E-state index contributed by atoms with van der Waals surface area (Å²) in [5.74, 6) is -0.140. The third kappa shape index (κ3) is 3.63. The lowest BCUT2D eigenvalue weighted by molar-refractivity contribution is -0.136. The van der Waals surface area contributed by atoms with Crippen LogP contribution in [0.4, 0.5) is 0 Å². The maximum Gasteiger partial charge on any atom is 0.255 e. The summed E-state index contributed by atoms with van der Waals surface area (Å²) in [6.07, 6.45) is 4.57. The quantitative estimate of drug-likeness (QED) is 0.792. The van der Waals surface area contributed by atoms with Gasteiger partial charge in [0.15, 0.2) is 0 Å². The van der Waals surface area contributed by atoms with Gasteiger partial charge in [0.2, 0.25) is 11.8 Å². The molecule has 1 aromatic rings. The summed E-state index contributed by atoms with van der Waals surface area (Å²) in [4.78, 5) is 38.4. The van der Waals surface area contributed by atoms with E-state index in [9.17, 15) is 14.4 Å². The van der Waals surface area contributed by atoms with Crippen LogP contribution in [-0.2, 0) is 22.6 Å². The van der Waals surface area contributed by atoms with Gasteiger partial charge in [-0.25, -0.2) is 0 Å². The van der Waals surface area contributed by atoms with Crippen molar-refractivity contribution in [2.45, 2.75) is 64.1 Å². The maximum absolute atomic E-state index is 13.1. The Kier molecular flexibility index (Phi) is 4.66. The Morgan fingerprint density at radius 2 is 2.11 bits per heavy atom. The second-order valence-electron chi connectivity index (χ2n) is 8.04. The Hall–Kier alpha value is -2.21. The Bertz CT molecular complexity index is 812. The van der Waals surface area contributed by atoms with Crippen molar-refractivity contribution in [3.05, 3.63) is 34.9 Å². The molecule has 0 aromatic heterocycles. The molecule has 6 heteroatoms.